The van der Waals surface area contributed by atoms with Crippen LogP contribution in [0.3, 0.4) is 0 Å². The van der Waals surface area contributed by atoms with Crippen molar-refractivity contribution in [3.63, 3.8) is 0 Å². The van der Waals surface area contributed by atoms with Gasteiger partial charge in [0.15, 0.2) is 5.75 Å². The second-order valence-corrected chi connectivity index (χ2v) is 4.35. The van der Waals surface area contributed by atoms with Gasteiger partial charge in [-0.3, -0.25) is 0 Å². The molecule has 0 saturated heterocycles. The van der Waals surface area contributed by atoms with Crippen LogP contribution in [-0.4, -0.2) is 17.7 Å². The summed E-state index contributed by atoms with van der Waals surface area (Å²) in [5.41, 5.74) is 7.29. The molecule has 0 aliphatic rings. The molecule has 21 heavy (non-hydrogen) atoms. The third-order valence-corrected chi connectivity index (χ3v) is 2.87. The third kappa shape index (κ3) is 3.52. The summed E-state index contributed by atoms with van der Waals surface area (Å²) in [6.45, 7) is 1.97. The number of ether oxygens (including phenoxy) is 2. The molecule has 2 rings (SSSR count). The molecule has 0 aliphatic carbocycles. The monoisotopic (exact) mass is 287 g/mol. The fourth-order valence-corrected chi connectivity index (χ4v) is 1.82. The van der Waals surface area contributed by atoms with Crippen LogP contribution in [0, 0.1) is 0 Å². The Morgan fingerprint density at radius 2 is 1.90 bits per heavy atom. The van der Waals surface area contributed by atoms with Crippen LogP contribution in [0.15, 0.2) is 42.5 Å². The lowest BCUT2D eigenvalue weighted by Gasteiger charge is -2.13. The smallest absolute Gasteiger partial charge is 0.342 e. The Bertz CT molecular complexity index is 623. The summed E-state index contributed by atoms with van der Waals surface area (Å²) >= 11 is 0. The molecular formula is C16H17NO4. The normalized spacial score (nSPS) is 10.2. The Morgan fingerprint density at radius 1 is 1.19 bits per heavy atom. The molecule has 0 bridgehead atoms. The van der Waals surface area contributed by atoms with E-state index < -0.39 is 5.97 Å². The molecule has 0 saturated carbocycles. The summed E-state index contributed by atoms with van der Waals surface area (Å²) < 4.78 is 10.7. The number of rotatable bonds is 5. The van der Waals surface area contributed by atoms with Crippen molar-refractivity contribution in [1.82, 2.24) is 0 Å². The molecule has 110 valence electrons. The molecule has 0 radical (unpaired) electrons. The first-order chi connectivity index (χ1) is 10.2. The maximum atomic E-state index is 11.9. The van der Waals surface area contributed by atoms with Crippen LogP contribution in [0.1, 0.15) is 22.8 Å². The average molecular weight is 287 g/mol. The standard InChI is InChI=1S/C16H17NO4/c1-2-20-16(19)13-4-3-5-14(17)15(13)21-12-8-6-11(10-18)7-9-12/h3-9,18H,2,10,17H2,1H3. The van der Waals surface area contributed by atoms with Gasteiger partial charge in [-0.25, -0.2) is 4.79 Å². The van der Waals surface area contributed by atoms with E-state index in [1.807, 2.05) is 0 Å². The highest BCUT2D eigenvalue weighted by atomic mass is 16.5. The Kier molecular flexibility index (Phi) is 4.79. The van der Waals surface area contributed by atoms with Crippen molar-refractivity contribution < 1.29 is 19.4 Å². The van der Waals surface area contributed by atoms with Gasteiger partial charge in [-0.05, 0) is 36.8 Å². The molecule has 0 spiro atoms. The molecule has 0 aromatic heterocycles. The van der Waals surface area contributed by atoms with E-state index in [-0.39, 0.29) is 24.5 Å². The van der Waals surface area contributed by atoms with E-state index in [9.17, 15) is 4.79 Å². The molecule has 2 aromatic rings. The van der Waals surface area contributed by atoms with E-state index in [1.165, 1.54) is 0 Å². The zero-order chi connectivity index (χ0) is 15.2. The average Bonchev–Trinajstić information content (AvgIpc) is 2.50. The van der Waals surface area contributed by atoms with Gasteiger partial charge >= 0.3 is 5.97 Å². The molecule has 5 nitrogen and oxygen atoms in total. The SMILES string of the molecule is CCOC(=O)c1cccc(N)c1Oc1ccc(CO)cc1. The predicted molar refractivity (Wildman–Crippen MR) is 79.2 cm³/mol. The van der Waals surface area contributed by atoms with Gasteiger partial charge in [0, 0.05) is 0 Å². The van der Waals surface area contributed by atoms with E-state index in [2.05, 4.69) is 0 Å². The lowest BCUT2D eigenvalue weighted by atomic mass is 10.1. The number of hydrogen-bond acceptors (Lipinski definition) is 5. The van der Waals surface area contributed by atoms with Crippen molar-refractivity contribution in [2.75, 3.05) is 12.3 Å². The van der Waals surface area contributed by atoms with Crippen molar-refractivity contribution in [1.29, 1.82) is 0 Å². The van der Waals surface area contributed by atoms with Crippen molar-refractivity contribution >= 4 is 11.7 Å². The number of esters is 1. The van der Waals surface area contributed by atoms with E-state index >= 15 is 0 Å². The number of carbonyl (C=O) groups excluding carboxylic acids is 1. The van der Waals surface area contributed by atoms with Crippen molar-refractivity contribution in [2.24, 2.45) is 0 Å². The topological polar surface area (TPSA) is 81.8 Å². The lowest BCUT2D eigenvalue weighted by Crippen LogP contribution is -2.08. The summed E-state index contributed by atoms with van der Waals surface area (Å²) in [7, 11) is 0. The van der Waals surface area contributed by atoms with Crippen LogP contribution in [0.5, 0.6) is 11.5 Å². The molecule has 0 amide bonds. The predicted octanol–water partition coefficient (Wildman–Crippen LogP) is 2.73. The van der Waals surface area contributed by atoms with Gasteiger partial charge in [0.2, 0.25) is 0 Å². The van der Waals surface area contributed by atoms with Crippen LogP contribution in [0.2, 0.25) is 0 Å². The first-order valence-corrected chi connectivity index (χ1v) is 6.59. The number of hydrogen-bond donors (Lipinski definition) is 2. The first-order valence-electron chi connectivity index (χ1n) is 6.59. The summed E-state index contributed by atoms with van der Waals surface area (Å²) in [6, 6.07) is 11.8. The van der Waals surface area contributed by atoms with Crippen molar-refractivity contribution in [2.45, 2.75) is 13.5 Å². The molecule has 0 atom stereocenters. The Balaban J connectivity index is 2.31. The van der Waals surface area contributed by atoms with Crippen LogP contribution < -0.4 is 10.5 Å². The number of nitrogen functional groups attached to an aromatic ring is 1. The number of nitrogens with two attached hydrogens (primary N) is 1. The maximum Gasteiger partial charge on any atom is 0.342 e. The Hall–Kier alpha value is -2.53. The van der Waals surface area contributed by atoms with E-state index in [4.69, 9.17) is 20.3 Å². The zero-order valence-corrected chi connectivity index (χ0v) is 11.7. The minimum Gasteiger partial charge on any atom is -0.462 e. The molecule has 5 heteroatoms. The molecular weight excluding hydrogens is 270 g/mol. The molecule has 0 unspecified atom stereocenters. The third-order valence-electron chi connectivity index (χ3n) is 2.87. The second-order valence-electron chi connectivity index (χ2n) is 4.35. The summed E-state index contributed by atoms with van der Waals surface area (Å²) in [5, 5.41) is 9.02. The fourth-order valence-electron chi connectivity index (χ4n) is 1.82. The van der Waals surface area contributed by atoms with Gasteiger partial charge in [0.1, 0.15) is 11.3 Å². The van der Waals surface area contributed by atoms with Gasteiger partial charge in [-0.15, -0.1) is 0 Å². The van der Waals surface area contributed by atoms with Crippen LogP contribution >= 0.6 is 0 Å². The zero-order valence-electron chi connectivity index (χ0n) is 11.7. The number of aliphatic hydroxyl groups is 1. The van der Waals surface area contributed by atoms with E-state index in [0.717, 1.165) is 5.56 Å². The second kappa shape index (κ2) is 6.76. The van der Waals surface area contributed by atoms with Gasteiger partial charge < -0.3 is 20.3 Å². The van der Waals surface area contributed by atoms with Gasteiger partial charge in [-0.2, -0.15) is 0 Å². The quantitative estimate of drug-likeness (QED) is 0.652. The van der Waals surface area contributed by atoms with Gasteiger partial charge in [-0.1, -0.05) is 18.2 Å². The van der Waals surface area contributed by atoms with Gasteiger partial charge in [0.05, 0.1) is 18.9 Å². The highest BCUT2D eigenvalue weighted by molar-refractivity contribution is 5.94. The van der Waals surface area contributed by atoms with E-state index in [1.54, 1.807) is 49.4 Å². The minimum absolute atomic E-state index is 0.0398. The lowest BCUT2D eigenvalue weighted by molar-refractivity contribution is 0.0523. The van der Waals surface area contributed by atoms with Crippen LogP contribution in [0.4, 0.5) is 5.69 Å². The number of benzene rings is 2. The highest BCUT2D eigenvalue weighted by Crippen LogP contribution is 2.32. The molecule has 0 heterocycles. The number of carbonyl (C=O) groups is 1. The van der Waals surface area contributed by atoms with Crippen LogP contribution in [0.25, 0.3) is 0 Å². The molecule has 0 fully saturated rings. The van der Waals surface area contributed by atoms with Crippen LogP contribution in [-0.2, 0) is 11.3 Å². The summed E-state index contributed by atoms with van der Waals surface area (Å²) in [6.07, 6.45) is 0. The Labute approximate surface area is 122 Å². The maximum absolute atomic E-state index is 11.9. The summed E-state index contributed by atoms with van der Waals surface area (Å²) in [4.78, 5) is 11.9. The molecule has 3 N–H and O–H groups in total. The Morgan fingerprint density at radius 3 is 2.52 bits per heavy atom. The van der Waals surface area contributed by atoms with E-state index in [0.29, 0.717) is 11.4 Å². The van der Waals surface area contributed by atoms with Crippen molar-refractivity contribution in [3.8, 4) is 11.5 Å². The number of anilines is 1. The molecule has 0 aliphatic heterocycles. The highest BCUT2D eigenvalue weighted by Gasteiger charge is 2.16. The van der Waals surface area contributed by atoms with Gasteiger partial charge in [0.25, 0.3) is 0 Å². The fraction of sp³-hybridized carbons (Fsp3) is 0.188. The molecule has 2 aromatic carbocycles. The number of para-hydroxylation sites is 1. The summed E-state index contributed by atoms with van der Waals surface area (Å²) in [5.74, 6) is 0.315. The number of aliphatic hydroxyl groups excluding tert-OH is 1. The van der Waals surface area contributed by atoms with Crippen molar-refractivity contribution in [3.05, 3.63) is 53.6 Å². The largest absolute Gasteiger partial charge is 0.462 e. The first kappa shape index (κ1) is 14.9. The minimum atomic E-state index is -0.480.